The van der Waals surface area contributed by atoms with Gasteiger partial charge in [-0.1, -0.05) is 140 Å². The summed E-state index contributed by atoms with van der Waals surface area (Å²) in [6.45, 7) is 0. The van der Waals surface area contributed by atoms with E-state index in [9.17, 15) is 0 Å². The maximum Gasteiger partial charge on any atom is 0.164 e. The Morgan fingerprint density at radius 1 is 0.333 bits per heavy atom. The lowest BCUT2D eigenvalue weighted by Gasteiger charge is -2.14. The monoisotopic (exact) mass is 707 g/mol. The molecule has 0 saturated heterocycles. The topological polar surface area (TPSA) is 51.8 Å². The minimum absolute atomic E-state index is 0.589. The molecule has 0 aliphatic heterocycles. The quantitative estimate of drug-likeness (QED) is 0.179. The van der Waals surface area contributed by atoms with E-state index in [4.69, 9.17) is 19.4 Å². The number of thiophene rings is 1. The second-order valence-electron chi connectivity index (χ2n) is 13.5. The normalized spacial score (nSPS) is 11.7. The van der Waals surface area contributed by atoms with Crippen LogP contribution in [0.1, 0.15) is 0 Å². The minimum Gasteiger partial charge on any atom is -0.456 e. The highest BCUT2D eigenvalue weighted by Crippen LogP contribution is 2.43. The molecule has 3 heterocycles. The van der Waals surface area contributed by atoms with E-state index in [-0.39, 0.29) is 0 Å². The third kappa shape index (κ3) is 5.01. The molecule has 0 bridgehead atoms. The molecule has 8 aromatic carbocycles. The first kappa shape index (κ1) is 30.7. The highest BCUT2D eigenvalue weighted by molar-refractivity contribution is 7.26. The summed E-state index contributed by atoms with van der Waals surface area (Å²) >= 11 is 1.85. The predicted octanol–water partition coefficient (Wildman–Crippen LogP) is 13.6. The predicted molar refractivity (Wildman–Crippen MR) is 225 cm³/mol. The summed E-state index contributed by atoms with van der Waals surface area (Å²) in [6, 6.07) is 61.5. The molecule has 0 radical (unpaired) electrons. The molecule has 5 heteroatoms. The van der Waals surface area contributed by atoms with E-state index in [1.165, 1.54) is 31.3 Å². The lowest BCUT2D eigenvalue weighted by Crippen LogP contribution is -2.01. The smallest absolute Gasteiger partial charge is 0.164 e. The van der Waals surface area contributed by atoms with Gasteiger partial charge in [0.15, 0.2) is 17.5 Å². The van der Waals surface area contributed by atoms with Gasteiger partial charge in [-0.15, -0.1) is 11.3 Å². The molecule has 11 aromatic rings. The molecule has 0 aliphatic carbocycles. The second kappa shape index (κ2) is 12.3. The zero-order chi connectivity index (χ0) is 35.6. The van der Waals surface area contributed by atoms with Crippen molar-refractivity contribution in [2.45, 2.75) is 0 Å². The Bertz CT molecular complexity index is 3230. The van der Waals surface area contributed by atoms with E-state index < -0.39 is 0 Å². The van der Waals surface area contributed by atoms with Crippen LogP contribution in [0.5, 0.6) is 0 Å². The number of hydrogen-bond donors (Lipinski definition) is 0. The van der Waals surface area contributed by atoms with Crippen molar-refractivity contribution in [2.24, 2.45) is 0 Å². The van der Waals surface area contributed by atoms with Crippen LogP contribution >= 0.6 is 11.3 Å². The number of aromatic nitrogens is 3. The summed E-state index contributed by atoms with van der Waals surface area (Å²) in [5.41, 5.74) is 9.05. The largest absolute Gasteiger partial charge is 0.456 e. The molecule has 0 N–H and O–H groups in total. The summed E-state index contributed by atoms with van der Waals surface area (Å²) in [6.07, 6.45) is 0. The van der Waals surface area contributed by atoms with E-state index in [0.717, 1.165) is 60.5 Å². The average Bonchev–Trinajstić information content (AvgIpc) is 3.82. The molecular formula is C49H29N3OS. The van der Waals surface area contributed by atoms with E-state index in [1.54, 1.807) is 0 Å². The summed E-state index contributed by atoms with van der Waals surface area (Å²) in [7, 11) is 0. The van der Waals surface area contributed by atoms with Crippen LogP contribution < -0.4 is 0 Å². The van der Waals surface area contributed by atoms with Crippen LogP contribution in [0.25, 0.3) is 109 Å². The molecule has 0 saturated carbocycles. The Balaban J connectivity index is 1.12. The molecule has 3 aromatic heterocycles. The number of fused-ring (bicyclic) bond motifs is 7. The standard InChI is InChI=1S/C49H29N3OS/c1-2-12-30(13-3-1)31-14-10-15-32(28-31)47-50-48(33-24-25-38-37-18-6-8-22-43(37)53-44(38)29-33)52-49(51-47)42-27-26-36(34-16-4-5-17-35(34)42)40-20-11-21-41-39-19-7-9-23-45(39)54-46(40)41/h1-29H. The molecule has 4 nitrogen and oxygen atoms in total. The first-order valence-corrected chi connectivity index (χ1v) is 18.8. The zero-order valence-electron chi connectivity index (χ0n) is 28.9. The van der Waals surface area contributed by atoms with Crippen molar-refractivity contribution < 1.29 is 4.42 Å². The Morgan fingerprint density at radius 2 is 0.926 bits per heavy atom. The van der Waals surface area contributed by atoms with Gasteiger partial charge in [-0.3, -0.25) is 0 Å². The molecule has 0 amide bonds. The maximum absolute atomic E-state index is 6.30. The van der Waals surface area contributed by atoms with Crippen molar-refractivity contribution in [1.29, 1.82) is 0 Å². The average molecular weight is 708 g/mol. The van der Waals surface area contributed by atoms with Gasteiger partial charge < -0.3 is 4.42 Å². The van der Waals surface area contributed by atoms with E-state index in [0.29, 0.717) is 17.5 Å². The van der Waals surface area contributed by atoms with Gasteiger partial charge in [-0.2, -0.15) is 0 Å². The molecule has 0 aliphatic rings. The minimum atomic E-state index is 0.589. The number of para-hydroxylation sites is 1. The SMILES string of the molecule is c1ccc(-c2cccc(-c3nc(-c4ccc5c(c4)oc4ccccc45)nc(-c4ccc(-c5cccc6c5sc5ccccc56)c5ccccc45)n3)c2)cc1. The van der Waals surface area contributed by atoms with Gasteiger partial charge in [-0.25, -0.2) is 15.0 Å². The zero-order valence-corrected chi connectivity index (χ0v) is 29.7. The Hall–Kier alpha value is -6.95. The fourth-order valence-electron chi connectivity index (χ4n) is 7.78. The summed E-state index contributed by atoms with van der Waals surface area (Å²) in [5.74, 6) is 1.82. The van der Waals surface area contributed by atoms with Crippen LogP contribution in [-0.2, 0) is 0 Å². The maximum atomic E-state index is 6.30. The number of rotatable bonds is 5. The Morgan fingerprint density at radius 3 is 1.78 bits per heavy atom. The van der Waals surface area contributed by atoms with Crippen LogP contribution in [0.15, 0.2) is 180 Å². The van der Waals surface area contributed by atoms with Crippen molar-refractivity contribution in [3.05, 3.63) is 176 Å². The molecule has 0 unspecified atom stereocenters. The van der Waals surface area contributed by atoms with Gasteiger partial charge in [-0.05, 0) is 63.9 Å². The van der Waals surface area contributed by atoms with Gasteiger partial charge in [0.05, 0.1) is 0 Å². The fourth-order valence-corrected chi connectivity index (χ4v) is 9.01. The third-order valence-electron chi connectivity index (χ3n) is 10.4. The van der Waals surface area contributed by atoms with Gasteiger partial charge in [0, 0.05) is 53.2 Å². The highest BCUT2D eigenvalue weighted by Gasteiger charge is 2.19. The Kier molecular flexibility index (Phi) is 7.00. The summed E-state index contributed by atoms with van der Waals surface area (Å²) in [4.78, 5) is 15.6. The number of hydrogen-bond acceptors (Lipinski definition) is 5. The number of furan rings is 1. The van der Waals surface area contributed by atoms with Crippen molar-refractivity contribution in [2.75, 3.05) is 0 Å². The van der Waals surface area contributed by atoms with Gasteiger partial charge >= 0.3 is 0 Å². The van der Waals surface area contributed by atoms with Gasteiger partial charge in [0.1, 0.15) is 11.2 Å². The molecular weight excluding hydrogens is 679 g/mol. The molecule has 54 heavy (non-hydrogen) atoms. The molecule has 0 fully saturated rings. The van der Waals surface area contributed by atoms with E-state index in [2.05, 4.69) is 146 Å². The Labute approximate surface area is 314 Å². The van der Waals surface area contributed by atoms with E-state index in [1.807, 2.05) is 41.7 Å². The fraction of sp³-hybridized carbons (Fsp3) is 0. The summed E-state index contributed by atoms with van der Waals surface area (Å²) < 4.78 is 8.89. The number of benzene rings is 8. The summed E-state index contributed by atoms with van der Waals surface area (Å²) in [5, 5.41) is 6.97. The van der Waals surface area contributed by atoms with Crippen LogP contribution in [-0.4, -0.2) is 15.0 Å². The molecule has 11 rings (SSSR count). The van der Waals surface area contributed by atoms with Crippen LogP contribution in [0, 0.1) is 0 Å². The third-order valence-corrected chi connectivity index (χ3v) is 11.6. The number of nitrogens with zero attached hydrogens (tertiary/aromatic N) is 3. The van der Waals surface area contributed by atoms with Crippen molar-refractivity contribution >= 4 is 64.2 Å². The van der Waals surface area contributed by atoms with Crippen LogP contribution in [0.3, 0.4) is 0 Å². The lowest BCUT2D eigenvalue weighted by atomic mass is 9.94. The van der Waals surface area contributed by atoms with Crippen molar-refractivity contribution in [3.63, 3.8) is 0 Å². The van der Waals surface area contributed by atoms with Crippen LogP contribution in [0.4, 0.5) is 0 Å². The van der Waals surface area contributed by atoms with Crippen molar-refractivity contribution in [1.82, 2.24) is 15.0 Å². The van der Waals surface area contributed by atoms with Gasteiger partial charge in [0.25, 0.3) is 0 Å². The van der Waals surface area contributed by atoms with Gasteiger partial charge in [0.2, 0.25) is 0 Å². The molecule has 0 atom stereocenters. The van der Waals surface area contributed by atoms with Crippen molar-refractivity contribution in [3.8, 4) is 56.4 Å². The van der Waals surface area contributed by atoms with E-state index >= 15 is 0 Å². The first-order valence-electron chi connectivity index (χ1n) is 18.0. The molecule has 0 spiro atoms. The second-order valence-corrected chi connectivity index (χ2v) is 14.6. The lowest BCUT2D eigenvalue weighted by molar-refractivity contribution is 0.669. The first-order chi connectivity index (χ1) is 26.7. The highest BCUT2D eigenvalue weighted by atomic mass is 32.1. The van der Waals surface area contributed by atoms with Crippen LogP contribution in [0.2, 0.25) is 0 Å². The molecule has 252 valence electrons.